The molecule has 212 valence electrons. The Morgan fingerprint density at radius 1 is 1.02 bits per heavy atom. The molecule has 8 heteroatoms. The van der Waals surface area contributed by atoms with Crippen LogP contribution in [0.15, 0.2) is 12.3 Å². The van der Waals surface area contributed by atoms with Crippen molar-refractivity contribution < 1.29 is 19.4 Å². The number of carbonyl (C=O) groups is 2. The fourth-order valence-corrected chi connectivity index (χ4v) is 7.10. The molecule has 3 aliphatic rings. The van der Waals surface area contributed by atoms with Crippen molar-refractivity contribution in [2.75, 3.05) is 7.11 Å². The zero-order valence-corrected chi connectivity index (χ0v) is 24.3. The van der Waals surface area contributed by atoms with Crippen LogP contribution in [0.5, 0.6) is 0 Å². The number of carbonyl (C=O) groups excluding carboxylic acids is 2. The normalized spacial score (nSPS) is 26.1. The maximum atomic E-state index is 13.9. The van der Waals surface area contributed by atoms with Gasteiger partial charge in [0, 0.05) is 50.4 Å². The van der Waals surface area contributed by atoms with E-state index < -0.39 is 11.9 Å². The van der Waals surface area contributed by atoms with Crippen molar-refractivity contribution in [3.8, 4) is 0 Å². The van der Waals surface area contributed by atoms with Crippen LogP contribution in [0.3, 0.4) is 0 Å². The van der Waals surface area contributed by atoms with Gasteiger partial charge in [0.25, 0.3) is 0 Å². The van der Waals surface area contributed by atoms with Crippen LogP contribution in [-0.2, 0) is 9.53 Å². The molecule has 0 saturated carbocycles. The molecule has 1 saturated heterocycles. The maximum Gasteiger partial charge on any atom is 0.320 e. The Labute approximate surface area is 237 Å². The number of Topliss-reactive ketones (excluding diaryl/α,β-unsaturated/α-hetero) is 1. The number of aromatic nitrogens is 3. The third-order valence-electron chi connectivity index (χ3n) is 9.47. The van der Waals surface area contributed by atoms with Gasteiger partial charge in [0.1, 0.15) is 5.92 Å². The average molecular weight is 553 g/mol. The van der Waals surface area contributed by atoms with Crippen molar-refractivity contribution in [1.29, 1.82) is 0 Å². The summed E-state index contributed by atoms with van der Waals surface area (Å²) < 4.78 is 5.17. The lowest BCUT2D eigenvalue weighted by molar-refractivity contribution is -0.141. The number of H-pyrrole nitrogens is 3. The van der Waals surface area contributed by atoms with Crippen molar-refractivity contribution in [2.45, 2.75) is 47.1 Å². The number of ketones is 1. The van der Waals surface area contributed by atoms with Crippen LogP contribution in [0, 0.1) is 38.5 Å². The van der Waals surface area contributed by atoms with E-state index >= 15 is 0 Å². The molecular formula is C33H36N4O4. The zero-order valence-electron chi connectivity index (χ0n) is 24.3. The molecule has 1 fully saturated rings. The number of fused-ring (bicyclic) bond motifs is 8. The summed E-state index contributed by atoms with van der Waals surface area (Å²) in [6.07, 6.45) is 9.90. The number of rotatable bonds is 3. The second-order valence-corrected chi connectivity index (χ2v) is 11.4. The molecule has 4 atom stereocenters. The largest absolute Gasteiger partial charge is 0.515 e. The second kappa shape index (κ2) is 9.58. The number of aliphatic hydroxyl groups excluding tert-OH is 1. The van der Waals surface area contributed by atoms with E-state index in [1.54, 1.807) is 0 Å². The molecule has 0 amide bonds. The molecule has 1 aliphatic carbocycles. The lowest BCUT2D eigenvalue weighted by Gasteiger charge is -2.24. The summed E-state index contributed by atoms with van der Waals surface area (Å²) in [5.74, 6) is -1.47. The maximum absolute atomic E-state index is 13.9. The van der Waals surface area contributed by atoms with Gasteiger partial charge in [0.05, 0.1) is 30.1 Å². The number of allylic oxidation sites excluding steroid dienone is 1. The molecule has 2 aliphatic heterocycles. The number of nitrogens with one attached hydrogen (secondary N) is 4. The Kier molecular flexibility index (Phi) is 6.25. The summed E-state index contributed by atoms with van der Waals surface area (Å²) in [6.45, 7) is 14.3. The van der Waals surface area contributed by atoms with E-state index in [1.165, 1.54) is 7.11 Å². The quantitative estimate of drug-likeness (QED) is 0.252. The summed E-state index contributed by atoms with van der Waals surface area (Å²) in [7, 11) is 1.33. The SMILES string of the molecule is C=Cc1c2[nH]c(c1C)/C=C1/NC(C3=c4[nH]/c(c(C)c4C(=O)[C@@H]3C(=O)OC)=C\c3[nH]c(/c(=C\O)c3C)=C\2)[C@@H](CC)[C@@H]1C. The average Bonchev–Trinajstić information content (AvgIpc) is 3.69. The molecule has 3 aromatic heterocycles. The highest BCUT2D eigenvalue weighted by Gasteiger charge is 2.48. The van der Waals surface area contributed by atoms with Crippen molar-refractivity contribution in [3.63, 3.8) is 0 Å². The van der Waals surface area contributed by atoms with E-state index in [9.17, 15) is 14.7 Å². The summed E-state index contributed by atoms with van der Waals surface area (Å²) in [4.78, 5) is 37.6. The number of esters is 1. The van der Waals surface area contributed by atoms with E-state index in [-0.39, 0.29) is 23.7 Å². The van der Waals surface area contributed by atoms with E-state index in [0.29, 0.717) is 16.1 Å². The van der Waals surface area contributed by atoms with Crippen molar-refractivity contribution >= 4 is 47.9 Å². The van der Waals surface area contributed by atoms with Crippen LogP contribution in [0.1, 0.15) is 70.0 Å². The van der Waals surface area contributed by atoms with Gasteiger partial charge in [-0.15, -0.1) is 0 Å². The number of aromatic amines is 3. The predicted molar refractivity (Wildman–Crippen MR) is 160 cm³/mol. The molecule has 8 nitrogen and oxygen atoms in total. The first-order valence-electron chi connectivity index (χ1n) is 14.1. The highest BCUT2D eigenvalue weighted by Crippen LogP contribution is 2.41. The molecular weight excluding hydrogens is 516 g/mol. The molecule has 8 bridgehead atoms. The van der Waals surface area contributed by atoms with E-state index in [0.717, 1.165) is 74.0 Å². The Bertz CT molecular complexity index is 1930. The fourth-order valence-electron chi connectivity index (χ4n) is 7.10. The molecule has 3 aromatic rings. The number of ether oxygens (including phenoxy) is 1. The first-order chi connectivity index (χ1) is 19.6. The van der Waals surface area contributed by atoms with Crippen molar-refractivity contribution in [1.82, 2.24) is 20.3 Å². The minimum absolute atomic E-state index is 0.152. The first-order valence-corrected chi connectivity index (χ1v) is 14.1. The highest BCUT2D eigenvalue weighted by molar-refractivity contribution is 6.19. The third kappa shape index (κ3) is 3.73. The Hall–Kier alpha value is -4.46. The highest BCUT2D eigenvalue weighted by atomic mass is 16.5. The van der Waals surface area contributed by atoms with Gasteiger partial charge in [-0.1, -0.05) is 32.9 Å². The Morgan fingerprint density at radius 3 is 2.39 bits per heavy atom. The van der Waals surface area contributed by atoms with E-state index in [1.807, 2.05) is 32.1 Å². The number of methoxy groups -OCH3 is 1. The minimum Gasteiger partial charge on any atom is -0.515 e. The van der Waals surface area contributed by atoms with Gasteiger partial charge in [-0.25, -0.2) is 0 Å². The zero-order chi connectivity index (χ0) is 29.3. The smallest absolute Gasteiger partial charge is 0.320 e. The summed E-state index contributed by atoms with van der Waals surface area (Å²) in [6, 6.07) is -0.232. The lowest BCUT2D eigenvalue weighted by Crippen LogP contribution is -2.37. The molecule has 41 heavy (non-hydrogen) atoms. The standard InChI is InChI=1S/C33H36N4O4/c1-8-18-14(3)21-10-23-15(4)19(9-2)30(36-23)28-29(33(40)41-7)32(39)27-17(6)24(37-31(27)28)11-22-16(5)20(13-38)26(35-22)12-25(18)34-21/h8,10-13,15,19,29-30,34-38H,1,9H2,2-7H3/b20-13-,23-10+,24-11-,26-12-/t15-,19-,29+,30?/m0/s1. The van der Waals surface area contributed by atoms with Gasteiger partial charge in [-0.3, -0.25) is 9.59 Å². The van der Waals surface area contributed by atoms with Crippen LogP contribution in [-0.4, -0.2) is 45.0 Å². The summed E-state index contributed by atoms with van der Waals surface area (Å²) in [5.41, 5.74) is 8.63. The Morgan fingerprint density at radius 2 is 1.73 bits per heavy atom. The topological polar surface area (TPSA) is 123 Å². The van der Waals surface area contributed by atoms with Crippen molar-refractivity contribution in [2.24, 2.45) is 17.8 Å². The molecule has 0 spiro atoms. The van der Waals surface area contributed by atoms with E-state index in [4.69, 9.17) is 4.74 Å². The minimum atomic E-state index is -0.999. The van der Waals surface area contributed by atoms with Gasteiger partial charge in [-0.05, 0) is 67.2 Å². The Balaban J connectivity index is 1.76. The van der Waals surface area contributed by atoms with Gasteiger partial charge in [-0.2, -0.15) is 0 Å². The lowest BCUT2D eigenvalue weighted by atomic mass is 9.81. The first kappa shape index (κ1) is 26.7. The van der Waals surface area contributed by atoms with Crippen LogP contribution < -0.4 is 26.6 Å². The number of hydrogen-bond acceptors (Lipinski definition) is 5. The van der Waals surface area contributed by atoms with Gasteiger partial charge < -0.3 is 30.1 Å². The van der Waals surface area contributed by atoms with E-state index in [2.05, 4.69) is 53.7 Å². The van der Waals surface area contributed by atoms with Crippen LogP contribution in [0.25, 0.3) is 36.1 Å². The fraction of sp³-hybridized carbons (Fsp3) is 0.333. The van der Waals surface area contributed by atoms with Crippen LogP contribution in [0.4, 0.5) is 0 Å². The third-order valence-corrected chi connectivity index (χ3v) is 9.47. The number of aliphatic hydroxyl groups is 1. The summed E-state index contributed by atoms with van der Waals surface area (Å²) in [5, 5.41) is 16.8. The van der Waals surface area contributed by atoms with Crippen LogP contribution in [0.2, 0.25) is 0 Å². The van der Waals surface area contributed by atoms with Crippen LogP contribution >= 0.6 is 0 Å². The van der Waals surface area contributed by atoms with Gasteiger partial charge in [0.15, 0.2) is 5.78 Å². The van der Waals surface area contributed by atoms with Crippen molar-refractivity contribution in [3.05, 3.63) is 78.4 Å². The predicted octanol–water partition coefficient (Wildman–Crippen LogP) is 2.32. The summed E-state index contributed by atoms with van der Waals surface area (Å²) >= 11 is 0. The molecule has 6 rings (SSSR count). The molecule has 0 radical (unpaired) electrons. The molecule has 0 aromatic carbocycles. The molecule has 5 N–H and O–H groups in total. The molecule has 1 unspecified atom stereocenters. The monoisotopic (exact) mass is 552 g/mol. The second-order valence-electron chi connectivity index (χ2n) is 11.4. The molecule has 5 heterocycles. The van der Waals surface area contributed by atoms with Gasteiger partial charge >= 0.3 is 5.97 Å². The van der Waals surface area contributed by atoms with Gasteiger partial charge in [0.2, 0.25) is 0 Å². The number of hydrogen-bond donors (Lipinski definition) is 5.